The van der Waals surface area contributed by atoms with Crippen molar-refractivity contribution >= 4 is 27.7 Å². The highest BCUT2D eigenvalue weighted by molar-refractivity contribution is 9.10. The minimum Gasteiger partial charge on any atom is -0.454 e. The zero-order chi connectivity index (χ0) is 16.0. The number of benzene rings is 1. The predicted molar refractivity (Wildman–Crippen MR) is 89.6 cm³/mol. The quantitative estimate of drug-likeness (QED) is 0.884. The lowest BCUT2D eigenvalue weighted by Gasteiger charge is -2.14. The van der Waals surface area contributed by atoms with Crippen molar-refractivity contribution in [2.45, 2.75) is 19.8 Å². The van der Waals surface area contributed by atoms with Crippen LogP contribution in [0.15, 0.2) is 28.9 Å². The maximum absolute atomic E-state index is 12.1. The molecule has 1 aromatic carbocycles. The van der Waals surface area contributed by atoms with Gasteiger partial charge in [-0.2, -0.15) is 0 Å². The summed E-state index contributed by atoms with van der Waals surface area (Å²) in [6, 6.07) is 5.76. The molecule has 0 unspecified atom stereocenters. The summed E-state index contributed by atoms with van der Waals surface area (Å²) in [6.45, 7) is 2.23. The van der Waals surface area contributed by atoms with Gasteiger partial charge in [0.25, 0.3) is 0 Å². The largest absolute Gasteiger partial charge is 0.454 e. The molecular weight excluding hydrogens is 360 g/mol. The molecule has 1 aliphatic heterocycles. The Hall–Kier alpha value is -2.08. The summed E-state index contributed by atoms with van der Waals surface area (Å²) in [7, 11) is 0. The molecule has 2 heterocycles. The minimum atomic E-state index is 0.0428. The number of halogens is 1. The molecule has 6 heteroatoms. The highest BCUT2D eigenvalue weighted by Crippen LogP contribution is 2.40. The van der Waals surface area contributed by atoms with Gasteiger partial charge in [-0.1, -0.05) is 6.07 Å². The van der Waals surface area contributed by atoms with E-state index in [1.807, 2.05) is 25.1 Å². The van der Waals surface area contributed by atoms with E-state index in [9.17, 15) is 4.79 Å². The molecule has 0 radical (unpaired) electrons. The summed E-state index contributed by atoms with van der Waals surface area (Å²) in [5, 5.41) is 2.96. The summed E-state index contributed by atoms with van der Waals surface area (Å²) in [4.78, 5) is 16.5. The number of ether oxygens (including phenoxy) is 2. The summed E-state index contributed by atoms with van der Waals surface area (Å²) in [5.41, 5.74) is 2.85. The molecule has 1 fully saturated rings. The van der Waals surface area contributed by atoms with Crippen molar-refractivity contribution in [2.75, 3.05) is 12.1 Å². The molecule has 1 N–H and O–H groups in total. The first-order chi connectivity index (χ1) is 11.1. The number of nitrogens with one attached hydrogen (secondary N) is 1. The standard InChI is InChI=1S/C17H15BrN2O3/c1-9-12(18)7-19-16(20-17(21)10-2-3-10)15(9)11-4-5-13-14(6-11)23-8-22-13/h4-7,10H,2-3,8H2,1H3,(H,19,20,21). The number of nitrogens with zero attached hydrogens (tertiary/aromatic N) is 1. The van der Waals surface area contributed by atoms with Crippen LogP contribution in [0.3, 0.4) is 0 Å². The van der Waals surface area contributed by atoms with E-state index in [-0.39, 0.29) is 18.6 Å². The van der Waals surface area contributed by atoms with Gasteiger partial charge in [-0.05, 0) is 59.0 Å². The van der Waals surface area contributed by atoms with Gasteiger partial charge in [0.05, 0.1) is 0 Å². The molecule has 1 amide bonds. The van der Waals surface area contributed by atoms with Crippen LogP contribution in [0.2, 0.25) is 0 Å². The number of fused-ring (bicyclic) bond motifs is 1. The molecule has 118 valence electrons. The smallest absolute Gasteiger partial charge is 0.231 e. The molecule has 1 aliphatic carbocycles. The van der Waals surface area contributed by atoms with Gasteiger partial charge >= 0.3 is 0 Å². The number of rotatable bonds is 3. The molecule has 5 nitrogen and oxygen atoms in total. The van der Waals surface area contributed by atoms with E-state index in [1.165, 1.54) is 0 Å². The van der Waals surface area contributed by atoms with Crippen LogP contribution < -0.4 is 14.8 Å². The number of hydrogen-bond donors (Lipinski definition) is 1. The Labute approximate surface area is 142 Å². The zero-order valence-electron chi connectivity index (χ0n) is 12.6. The second-order valence-electron chi connectivity index (χ2n) is 5.79. The zero-order valence-corrected chi connectivity index (χ0v) is 14.1. The molecule has 0 bridgehead atoms. The molecule has 23 heavy (non-hydrogen) atoms. The normalized spacial score (nSPS) is 15.6. The van der Waals surface area contributed by atoms with Crippen LogP contribution >= 0.6 is 15.9 Å². The van der Waals surface area contributed by atoms with Crippen LogP contribution in [0.4, 0.5) is 5.82 Å². The minimum absolute atomic E-state index is 0.0428. The van der Waals surface area contributed by atoms with Crippen molar-refractivity contribution in [3.05, 3.63) is 34.4 Å². The molecule has 2 aliphatic rings. The van der Waals surface area contributed by atoms with Gasteiger partial charge in [-0.3, -0.25) is 4.79 Å². The van der Waals surface area contributed by atoms with Crippen LogP contribution in [0.1, 0.15) is 18.4 Å². The van der Waals surface area contributed by atoms with Crippen LogP contribution in [0, 0.1) is 12.8 Å². The highest BCUT2D eigenvalue weighted by Gasteiger charge is 2.30. The first-order valence-corrected chi connectivity index (χ1v) is 8.29. The lowest BCUT2D eigenvalue weighted by molar-refractivity contribution is -0.117. The van der Waals surface area contributed by atoms with Gasteiger partial charge in [-0.15, -0.1) is 0 Å². The van der Waals surface area contributed by atoms with E-state index in [0.29, 0.717) is 11.6 Å². The third-order valence-corrected chi connectivity index (χ3v) is 4.93. The van der Waals surface area contributed by atoms with Gasteiger partial charge < -0.3 is 14.8 Å². The van der Waals surface area contributed by atoms with E-state index >= 15 is 0 Å². The van der Waals surface area contributed by atoms with Crippen molar-refractivity contribution in [1.29, 1.82) is 0 Å². The summed E-state index contributed by atoms with van der Waals surface area (Å²) < 4.78 is 11.7. The van der Waals surface area contributed by atoms with Crippen LogP contribution in [0.5, 0.6) is 11.5 Å². The van der Waals surface area contributed by atoms with E-state index in [0.717, 1.165) is 39.8 Å². The average Bonchev–Trinajstić information content (AvgIpc) is 3.29. The van der Waals surface area contributed by atoms with Crippen molar-refractivity contribution in [2.24, 2.45) is 5.92 Å². The molecule has 0 spiro atoms. The number of carbonyl (C=O) groups is 1. The van der Waals surface area contributed by atoms with Crippen molar-refractivity contribution < 1.29 is 14.3 Å². The van der Waals surface area contributed by atoms with Crippen LogP contribution in [0.25, 0.3) is 11.1 Å². The summed E-state index contributed by atoms with van der Waals surface area (Å²) in [6.07, 6.45) is 3.63. The molecule has 4 rings (SSSR count). The Morgan fingerprint density at radius 1 is 1.30 bits per heavy atom. The second-order valence-corrected chi connectivity index (χ2v) is 6.64. The second kappa shape index (κ2) is 5.53. The molecule has 1 aromatic heterocycles. The Bertz CT molecular complexity index is 803. The van der Waals surface area contributed by atoms with Gasteiger partial charge in [0.1, 0.15) is 5.82 Å². The number of amides is 1. The maximum atomic E-state index is 12.1. The van der Waals surface area contributed by atoms with Crippen molar-refractivity contribution in [1.82, 2.24) is 4.98 Å². The Balaban J connectivity index is 1.79. The first-order valence-electron chi connectivity index (χ1n) is 7.49. The monoisotopic (exact) mass is 374 g/mol. The van der Waals surface area contributed by atoms with Crippen LogP contribution in [-0.4, -0.2) is 17.7 Å². The Kier molecular flexibility index (Phi) is 3.49. The fourth-order valence-electron chi connectivity index (χ4n) is 2.64. The van der Waals surface area contributed by atoms with E-state index in [2.05, 4.69) is 26.2 Å². The number of anilines is 1. The summed E-state index contributed by atoms with van der Waals surface area (Å²) in [5.74, 6) is 2.20. The average molecular weight is 375 g/mol. The lowest BCUT2D eigenvalue weighted by Crippen LogP contribution is -2.15. The third-order valence-electron chi connectivity index (χ3n) is 4.13. The maximum Gasteiger partial charge on any atom is 0.231 e. The van der Waals surface area contributed by atoms with Crippen LogP contribution in [-0.2, 0) is 4.79 Å². The van der Waals surface area contributed by atoms with Crippen molar-refractivity contribution in [3.63, 3.8) is 0 Å². The van der Waals surface area contributed by atoms with E-state index < -0.39 is 0 Å². The number of hydrogen-bond acceptors (Lipinski definition) is 4. The van der Waals surface area contributed by atoms with Gasteiger partial charge in [-0.25, -0.2) is 4.98 Å². The van der Waals surface area contributed by atoms with Gasteiger partial charge in [0.2, 0.25) is 12.7 Å². The number of carbonyl (C=O) groups excluding carboxylic acids is 1. The molecule has 0 atom stereocenters. The molecule has 0 saturated heterocycles. The van der Waals surface area contributed by atoms with E-state index in [1.54, 1.807) is 6.20 Å². The number of pyridine rings is 1. The fourth-order valence-corrected chi connectivity index (χ4v) is 2.94. The Morgan fingerprint density at radius 3 is 2.87 bits per heavy atom. The summed E-state index contributed by atoms with van der Waals surface area (Å²) >= 11 is 3.52. The number of aromatic nitrogens is 1. The highest BCUT2D eigenvalue weighted by atomic mass is 79.9. The third kappa shape index (κ3) is 2.67. The van der Waals surface area contributed by atoms with Crippen molar-refractivity contribution in [3.8, 4) is 22.6 Å². The molecule has 1 saturated carbocycles. The first kappa shape index (κ1) is 14.5. The predicted octanol–water partition coefficient (Wildman–Crippen LogP) is 3.90. The van der Waals surface area contributed by atoms with Gasteiger partial charge in [0, 0.05) is 22.2 Å². The topological polar surface area (TPSA) is 60.5 Å². The van der Waals surface area contributed by atoms with E-state index in [4.69, 9.17) is 9.47 Å². The van der Waals surface area contributed by atoms with Gasteiger partial charge in [0.15, 0.2) is 11.5 Å². The Morgan fingerprint density at radius 2 is 2.09 bits per heavy atom. The SMILES string of the molecule is Cc1c(Br)cnc(NC(=O)C2CC2)c1-c1ccc2c(c1)OCO2. The molecular formula is C17H15BrN2O3. The fraction of sp³-hybridized carbons (Fsp3) is 0.294. The molecule has 2 aromatic rings. The lowest BCUT2D eigenvalue weighted by atomic mass is 10.0.